The van der Waals surface area contributed by atoms with E-state index in [2.05, 4.69) is 0 Å². The van der Waals surface area contributed by atoms with Gasteiger partial charge >= 0.3 is 6.80 Å². The molecule has 0 aromatic carbocycles. The maximum Gasteiger partial charge on any atom is 0.384 e. The van der Waals surface area contributed by atoms with Gasteiger partial charge in [0.15, 0.2) is 12.1 Å². The van der Waals surface area contributed by atoms with Crippen molar-refractivity contribution in [1.29, 1.82) is 0 Å². The van der Waals surface area contributed by atoms with Crippen molar-refractivity contribution in [3.8, 4) is 0 Å². The number of hydrogen-bond donors (Lipinski definition) is 4. The van der Waals surface area contributed by atoms with E-state index in [-0.39, 0.29) is 17.8 Å². The molecular formula is C9H17O8PS. The monoisotopic (exact) mass is 316 g/mol. The lowest BCUT2D eigenvalue weighted by atomic mass is 10.1. The van der Waals surface area contributed by atoms with Crippen LogP contribution in [0.1, 0.15) is 12.8 Å². The van der Waals surface area contributed by atoms with Crippen LogP contribution in [0.25, 0.3) is 0 Å². The van der Waals surface area contributed by atoms with E-state index in [0.717, 1.165) is 6.42 Å². The van der Waals surface area contributed by atoms with Gasteiger partial charge in [-0.3, -0.25) is 4.79 Å². The molecule has 0 aromatic rings. The minimum atomic E-state index is -4.37. The van der Waals surface area contributed by atoms with Gasteiger partial charge in [-0.2, -0.15) is 0 Å². The molecule has 0 aliphatic carbocycles. The van der Waals surface area contributed by atoms with Crippen LogP contribution in [0.3, 0.4) is 0 Å². The van der Waals surface area contributed by atoms with Gasteiger partial charge < -0.3 is 29.5 Å². The summed E-state index contributed by atoms with van der Waals surface area (Å²) in [6.45, 7) is -3.41. The molecule has 112 valence electrons. The summed E-state index contributed by atoms with van der Waals surface area (Å²) in [5.41, 5.74) is 0. The van der Waals surface area contributed by atoms with Gasteiger partial charge in [-0.15, -0.1) is 0 Å². The van der Waals surface area contributed by atoms with Crippen molar-refractivity contribution in [1.82, 2.24) is 0 Å². The Bertz CT molecular complexity index is 339. The number of carbonyl (C=O) groups is 1. The molecule has 0 aromatic heterocycles. The smallest absolute Gasteiger partial charge is 0.384 e. The van der Waals surface area contributed by atoms with Crippen molar-refractivity contribution in [2.45, 2.75) is 31.3 Å². The van der Waals surface area contributed by atoms with Crippen LogP contribution in [-0.2, 0) is 18.8 Å². The molecule has 10 heteroatoms. The van der Waals surface area contributed by atoms with Crippen LogP contribution in [0.5, 0.6) is 0 Å². The molecule has 1 fully saturated rings. The molecule has 1 rings (SSSR count). The third-order valence-corrected chi connectivity index (χ3v) is 4.55. The number of hydrogen-bond acceptors (Lipinski definition) is 7. The molecule has 0 unspecified atom stereocenters. The summed E-state index contributed by atoms with van der Waals surface area (Å²) in [5.74, 6) is -1.42. The van der Waals surface area contributed by atoms with Gasteiger partial charge in [-0.1, -0.05) is 0 Å². The van der Waals surface area contributed by atoms with Crippen LogP contribution in [0.2, 0.25) is 0 Å². The Morgan fingerprint density at radius 2 is 1.89 bits per heavy atom. The van der Waals surface area contributed by atoms with Crippen LogP contribution in [0, 0.1) is 0 Å². The van der Waals surface area contributed by atoms with Gasteiger partial charge in [0, 0.05) is 6.42 Å². The predicted octanol–water partition coefficient (Wildman–Crippen LogP) is -0.744. The molecule has 4 N–H and O–H groups in total. The molecule has 8 nitrogen and oxygen atoms in total. The average molecular weight is 316 g/mol. The van der Waals surface area contributed by atoms with Crippen LogP contribution in [-0.4, -0.2) is 63.2 Å². The number of aliphatic hydroxyl groups excluding tert-OH is 2. The SMILES string of the molecule is O=C(CSP(=O)(O)O)[C@@H](O)[C@H](O)CC1OCCCO1. The number of rotatable bonds is 7. The first-order valence-electron chi connectivity index (χ1n) is 5.62. The number of ether oxygens (including phenoxy) is 2. The quantitative estimate of drug-likeness (QED) is 0.448. The average Bonchev–Trinajstić information content (AvgIpc) is 2.35. The lowest BCUT2D eigenvalue weighted by Gasteiger charge is -2.26. The first kappa shape index (κ1) is 17.1. The number of aliphatic hydroxyl groups is 2. The lowest BCUT2D eigenvalue weighted by Crippen LogP contribution is -2.39. The molecule has 2 atom stereocenters. The summed E-state index contributed by atoms with van der Waals surface area (Å²) >= 11 is 0.117. The molecule has 0 bridgehead atoms. The maximum atomic E-state index is 11.4. The van der Waals surface area contributed by atoms with Gasteiger partial charge in [0.05, 0.1) is 25.1 Å². The Morgan fingerprint density at radius 3 is 2.42 bits per heavy atom. The normalized spacial score (nSPS) is 21.1. The Kier molecular flexibility index (Phi) is 6.92. The zero-order valence-corrected chi connectivity index (χ0v) is 11.8. The highest BCUT2D eigenvalue weighted by molar-refractivity contribution is 8.54. The van der Waals surface area contributed by atoms with E-state index in [4.69, 9.17) is 19.3 Å². The van der Waals surface area contributed by atoms with Crippen LogP contribution in [0.4, 0.5) is 0 Å². The van der Waals surface area contributed by atoms with Crippen molar-refractivity contribution in [3.63, 3.8) is 0 Å². The summed E-state index contributed by atoms with van der Waals surface area (Å²) in [6.07, 6.45) is -3.12. The van der Waals surface area contributed by atoms with Gasteiger partial charge in [0.2, 0.25) is 0 Å². The van der Waals surface area contributed by atoms with Crippen molar-refractivity contribution >= 4 is 24.0 Å². The van der Waals surface area contributed by atoms with Crippen LogP contribution >= 0.6 is 18.2 Å². The minimum Gasteiger partial charge on any atom is -0.390 e. The summed E-state index contributed by atoms with van der Waals surface area (Å²) in [5, 5.41) is 19.2. The van der Waals surface area contributed by atoms with E-state index in [1.54, 1.807) is 0 Å². The zero-order valence-electron chi connectivity index (χ0n) is 10.0. The van der Waals surface area contributed by atoms with Gasteiger partial charge in [-0.05, 0) is 17.8 Å². The fraction of sp³-hybridized carbons (Fsp3) is 0.889. The van der Waals surface area contributed by atoms with E-state index >= 15 is 0 Å². The lowest BCUT2D eigenvalue weighted by molar-refractivity contribution is -0.196. The molecule has 1 saturated heterocycles. The van der Waals surface area contributed by atoms with Crippen molar-refractivity contribution < 1.29 is 38.8 Å². The maximum absolute atomic E-state index is 11.4. The van der Waals surface area contributed by atoms with E-state index in [1.807, 2.05) is 0 Å². The van der Waals surface area contributed by atoms with E-state index in [1.165, 1.54) is 0 Å². The van der Waals surface area contributed by atoms with Crippen molar-refractivity contribution in [3.05, 3.63) is 0 Å². The first-order valence-corrected chi connectivity index (χ1v) is 8.82. The Labute approximate surface area is 114 Å². The van der Waals surface area contributed by atoms with Crippen molar-refractivity contribution in [2.75, 3.05) is 19.0 Å². The van der Waals surface area contributed by atoms with E-state index < -0.39 is 36.8 Å². The largest absolute Gasteiger partial charge is 0.390 e. The Morgan fingerprint density at radius 1 is 1.32 bits per heavy atom. The standard InChI is InChI=1S/C9H17O8PS/c10-6(4-8-16-2-1-3-17-8)9(12)7(11)5-19-18(13,14)15/h6,8-10,12H,1-5H2,(H2,13,14,15)/t6-,9+/m1/s1. The molecule has 0 radical (unpaired) electrons. The minimum absolute atomic E-state index is 0.0759. The van der Waals surface area contributed by atoms with Crippen molar-refractivity contribution in [2.24, 2.45) is 0 Å². The summed E-state index contributed by atoms with van der Waals surface area (Å²) in [6, 6.07) is 0. The number of ketones is 1. The third-order valence-electron chi connectivity index (χ3n) is 2.40. The molecular weight excluding hydrogens is 299 g/mol. The highest BCUT2D eigenvalue weighted by atomic mass is 32.7. The first-order chi connectivity index (χ1) is 8.79. The molecule has 1 heterocycles. The molecule has 0 saturated carbocycles. The predicted molar refractivity (Wildman–Crippen MR) is 66.4 cm³/mol. The highest BCUT2D eigenvalue weighted by Gasteiger charge is 2.29. The fourth-order valence-corrected chi connectivity index (χ4v) is 2.80. The summed E-state index contributed by atoms with van der Waals surface area (Å²) < 4.78 is 20.9. The molecule has 0 spiro atoms. The number of carbonyl (C=O) groups excluding carboxylic acids is 1. The van der Waals surface area contributed by atoms with E-state index in [9.17, 15) is 19.6 Å². The Hall–Kier alpha value is 0.01000. The summed E-state index contributed by atoms with van der Waals surface area (Å²) in [7, 11) is 0. The van der Waals surface area contributed by atoms with E-state index in [0.29, 0.717) is 13.2 Å². The highest BCUT2D eigenvalue weighted by Crippen LogP contribution is 2.50. The molecule has 1 aliphatic heterocycles. The van der Waals surface area contributed by atoms with Crippen LogP contribution < -0.4 is 0 Å². The second-order valence-electron chi connectivity index (χ2n) is 4.00. The zero-order chi connectivity index (χ0) is 14.5. The van der Waals surface area contributed by atoms with Crippen LogP contribution in [0.15, 0.2) is 0 Å². The third kappa shape index (κ3) is 6.82. The van der Waals surface area contributed by atoms with Gasteiger partial charge in [-0.25, -0.2) is 4.57 Å². The second kappa shape index (κ2) is 7.70. The second-order valence-corrected chi connectivity index (χ2v) is 7.73. The van der Waals surface area contributed by atoms with Gasteiger partial charge in [0.1, 0.15) is 6.10 Å². The van der Waals surface area contributed by atoms with Gasteiger partial charge in [0.25, 0.3) is 0 Å². The topological polar surface area (TPSA) is 134 Å². The summed E-state index contributed by atoms with van der Waals surface area (Å²) in [4.78, 5) is 28.6. The fourth-order valence-electron chi connectivity index (χ4n) is 1.45. The molecule has 19 heavy (non-hydrogen) atoms. The molecule has 0 amide bonds. The number of Topliss-reactive ketones (excluding diaryl/α,β-unsaturated/α-hetero) is 1. The Balaban J connectivity index is 2.35. The molecule has 1 aliphatic rings.